The van der Waals surface area contributed by atoms with E-state index in [1.165, 1.54) is 24.6 Å². The van der Waals surface area contributed by atoms with Gasteiger partial charge in [-0.1, -0.05) is 38.5 Å². The quantitative estimate of drug-likeness (QED) is 0.156. The molecule has 0 aliphatic rings. The van der Waals surface area contributed by atoms with Crippen LogP contribution in [0, 0.1) is 5.92 Å². The van der Waals surface area contributed by atoms with Gasteiger partial charge in [-0.25, -0.2) is 14.8 Å². The Morgan fingerprint density at radius 2 is 1.79 bits per heavy atom. The van der Waals surface area contributed by atoms with Crippen molar-refractivity contribution in [1.82, 2.24) is 9.97 Å². The minimum atomic E-state index is -0.450. The van der Waals surface area contributed by atoms with Crippen LogP contribution < -0.4 is 9.47 Å². The number of hydrogen-bond acceptors (Lipinski definition) is 5. The highest BCUT2D eigenvalue weighted by Gasteiger charge is 2.10. The molecule has 1 heterocycles. The first-order valence-corrected chi connectivity index (χ1v) is 12.1. The molecule has 0 aliphatic carbocycles. The Labute approximate surface area is 202 Å². The van der Waals surface area contributed by atoms with Crippen molar-refractivity contribution in [3.05, 3.63) is 84.7 Å². The number of carbonyl (C=O) groups is 1. The lowest BCUT2D eigenvalue weighted by Gasteiger charge is -2.10. The highest BCUT2D eigenvalue weighted by molar-refractivity contribution is 5.90. The molecule has 0 unspecified atom stereocenters. The van der Waals surface area contributed by atoms with Crippen LogP contribution in [0.3, 0.4) is 0 Å². The molecule has 2 aromatic carbocycles. The number of rotatable bonds is 13. The summed E-state index contributed by atoms with van der Waals surface area (Å²) in [6.45, 7) is 8.95. The lowest BCUT2D eigenvalue weighted by atomic mass is 10.0. The average molecular weight is 459 g/mol. The van der Waals surface area contributed by atoms with E-state index < -0.39 is 5.97 Å². The first-order chi connectivity index (χ1) is 16.6. The third-order valence-electron chi connectivity index (χ3n) is 5.85. The Balaban J connectivity index is 1.50. The number of allylic oxidation sites excluding steroid dienone is 1. The Morgan fingerprint density at radius 3 is 2.44 bits per heavy atom. The van der Waals surface area contributed by atoms with E-state index in [-0.39, 0.29) is 5.88 Å². The Hall–Kier alpha value is -3.47. The summed E-state index contributed by atoms with van der Waals surface area (Å²) in [6.07, 6.45) is 11.4. The number of benzene rings is 2. The molecule has 0 aliphatic heterocycles. The third-order valence-corrected chi connectivity index (χ3v) is 5.85. The number of esters is 1. The number of carbonyl (C=O) groups excluding carboxylic acids is 1. The predicted molar refractivity (Wildman–Crippen MR) is 136 cm³/mol. The minimum absolute atomic E-state index is 0.171. The summed E-state index contributed by atoms with van der Waals surface area (Å²) in [5, 5.41) is 0. The van der Waals surface area contributed by atoms with Gasteiger partial charge in [0, 0.05) is 5.56 Å². The molecule has 0 saturated carbocycles. The van der Waals surface area contributed by atoms with E-state index in [2.05, 4.69) is 30.4 Å². The Kier molecular flexibility index (Phi) is 9.83. The van der Waals surface area contributed by atoms with Crippen LogP contribution in [0.4, 0.5) is 0 Å². The number of ether oxygens (including phenoxy) is 2. The lowest BCUT2D eigenvalue weighted by molar-refractivity contribution is 0.0727. The summed E-state index contributed by atoms with van der Waals surface area (Å²) in [4.78, 5) is 21.1. The first kappa shape index (κ1) is 25.2. The molecule has 3 aromatic rings. The molecule has 3 rings (SSSR count). The van der Waals surface area contributed by atoms with Gasteiger partial charge in [0.1, 0.15) is 5.75 Å². The van der Waals surface area contributed by atoms with Gasteiger partial charge in [-0.3, -0.25) is 0 Å². The second kappa shape index (κ2) is 13.3. The fourth-order valence-corrected chi connectivity index (χ4v) is 3.48. The predicted octanol–water partition coefficient (Wildman–Crippen LogP) is 7.08. The van der Waals surface area contributed by atoms with Crippen molar-refractivity contribution in [2.45, 2.75) is 52.4 Å². The van der Waals surface area contributed by atoms with Crippen LogP contribution in [-0.2, 0) is 6.42 Å². The maximum Gasteiger partial charge on any atom is 0.344 e. The van der Waals surface area contributed by atoms with Crippen LogP contribution in [0.25, 0.3) is 11.3 Å². The number of hydrogen-bond donors (Lipinski definition) is 0. The van der Waals surface area contributed by atoms with Crippen LogP contribution in [0.5, 0.6) is 11.6 Å². The summed E-state index contributed by atoms with van der Waals surface area (Å²) in [5.41, 5.74) is 3.29. The summed E-state index contributed by atoms with van der Waals surface area (Å²) >= 11 is 0. The lowest BCUT2D eigenvalue weighted by Crippen LogP contribution is -2.09. The van der Waals surface area contributed by atoms with E-state index in [9.17, 15) is 4.79 Å². The minimum Gasteiger partial charge on any atom is -0.494 e. The van der Waals surface area contributed by atoms with Crippen molar-refractivity contribution in [2.24, 2.45) is 5.92 Å². The van der Waals surface area contributed by atoms with Gasteiger partial charge >= 0.3 is 5.97 Å². The first-order valence-electron chi connectivity index (χ1n) is 12.1. The molecular weight excluding hydrogens is 424 g/mol. The van der Waals surface area contributed by atoms with Crippen LogP contribution in [-0.4, -0.2) is 22.5 Å². The standard InChI is InChI=1S/C29H34N2O3/c1-4-6-7-10-23-11-13-25(14-12-23)29(32)34-28-21-30-27(20-31-28)24-15-17-26(18-16-24)33-19-8-9-22(3)5-2/h4,11-18,20-22H,1,5-10,19H2,2-3H3/t22-/m0/s1. The molecule has 34 heavy (non-hydrogen) atoms. The van der Waals surface area contributed by atoms with E-state index in [1.807, 2.05) is 42.5 Å². The largest absolute Gasteiger partial charge is 0.494 e. The van der Waals surface area contributed by atoms with Crippen molar-refractivity contribution in [2.75, 3.05) is 6.61 Å². The van der Waals surface area contributed by atoms with E-state index in [1.54, 1.807) is 18.3 Å². The molecule has 0 amide bonds. The summed E-state index contributed by atoms with van der Waals surface area (Å²) in [5.74, 6) is 1.31. The summed E-state index contributed by atoms with van der Waals surface area (Å²) < 4.78 is 11.2. The van der Waals surface area contributed by atoms with E-state index >= 15 is 0 Å². The second-order valence-corrected chi connectivity index (χ2v) is 8.54. The van der Waals surface area contributed by atoms with Crippen LogP contribution in [0.2, 0.25) is 0 Å². The normalized spacial score (nSPS) is 11.6. The highest BCUT2D eigenvalue weighted by atomic mass is 16.5. The van der Waals surface area contributed by atoms with Crippen molar-refractivity contribution < 1.29 is 14.3 Å². The van der Waals surface area contributed by atoms with Crippen LogP contribution in [0.1, 0.15) is 61.9 Å². The topological polar surface area (TPSA) is 61.3 Å². The molecule has 0 N–H and O–H groups in total. The molecule has 178 valence electrons. The van der Waals surface area contributed by atoms with Crippen molar-refractivity contribution >= 4 is 5.97 Å². The van der Waals surface area contributed by atoms with Gasteiger partial charge in [0.15, 0.2) is 0 Å². The molecule has 1 atom stereocenters. The monoisotopic (exact) mass is 458 g/mol. The smallest absolute Gasteiger partial charge is 0.344 e. The molecule has 1 aromatic heterocycles. The number of unbranched alkanes of at least 4 members (excludes halogenated alkanes) is 1. The number of nitrogens with zero attached hydrogens (tertiary/aromatic N) is 2. The summed E-state index contributed by atoms with van der Waals surface area (Å²) in [6, 6.07) is 15.3. The maximum absolute atomic E-state index is 12.4. The SMILES string of the molecule is C=CCCCc1ccc(C(=O)Oc2cnc(-c3ccc(OCCC[C@@H](C)CC)cc3)cn2)cc1. The zero-order valence-electron chi connectivity index (χ0n) is 20.2. The van der Waals surface area contributed by atoms with E-state index in [4.69, 9.17) is 9.47 Å². The van der Waals surface area contributed by atoms with Crippen LogP contribution >= 0.6 is 0 Å². The molecule has 0 saturated heterocycles. The van der Waals surface area contributed by atoms with Gasteiger partial charge in [0.25, 0.3) is 0 Å². The van der Waals surface area contributed by atoms with Crippen molar-refractivity contribution in [3.8, 4) is 22.9 Å². The Morgan fingerprint density at radius 1 is 1.03 bits per heavy atom. The average Bonchev–Trinajstić information content (AvgIpc) is 2.88. The van der Waals surface area contributed by atoms with Crippen molar-refractivity contribution in [1.29, 1.82) is 0 Å². The molecule has 0 spiro atoms. The van der Waals surface area contributed by atoms with E-state index in [0.717, 1.165) is 49.5 Å². The molecule has 5 nitrogen and oxygen atoms in total. The van der Waals surface area contributed by atoms with Gasteiger partial charge in [0.05, 0.1) is 30.3 Å². The zero-order chi connectivity index (χ0) is 24.2. The molecule has 0 fully saturated rings. The van der Waals surface area contributed by atoms with Gasteiger partial charge in [-0.2, -0.15) is 0 Å². The van der Waals surface area contributed by atoms with Gasteiger partial charge in [0.2, 0.25) is 5.88 Å². The molecule has 5 heteroatoms. The van der Waals surface area contributed by atoms with Gasteiger partial charge in [-0.05, 0) is 80.0 Å². The molecule has 0 radical (unpaired) electrons. The third kappa shape index (κ3) is 7.84. The molecule has 0 bridgehead atoms. The maximum atomic E-state index is 12.4. The fraction of sp³-hybridized carbons (Fsp3) is 0.345. The number of aryl methyl sites for hydroxylation is 1. The second-order valence-electron chi connectivity index (χ2n) is 8.54. The van der Waals surface area contributed by atoms with Crippen molar-refractivity contribution in [3.63, 3.8) is 0 Å². The van der Waals surface area contributed by atoms with Crippen LogP contribution in [0.15, 0.2) is 73.6 Å². The van der Waals surface area contributed by atoms with Gasteiger partial charge < -0.3 is 9.47 Å². The fourth-order valence-electron chi connectivity index (χ4n) is 3.48. The zero-order valence-corrected chi connectivity index (χ0v) is 20.2. The summed E-state index contributed by atoms with van der Waals surface area (Å²) in [7, 11) is 0. The highest BCUT2D eigenvalue weighted by Crippen LogP contribution is 2.22. The molecular formula is C29H34N2O3. The number of aromatic nitrogens is 2. The van der Waals surface area contributed by atoms with Gasteiger partial charge in [-0.15, -0.1) is 6.58 Å². The van der Waals surface area contributed by atoms with E-state index in [0.29, 0.717) is 11.3 Å². The Bertz CT molecular complexity index is 1030.